The number of hydrogen-bond donors (Lipinski definition) is 0. The minimum Gasteiger partial charge on any atom is -0.405 e. The van der Waals surface area contributed by atoms with E-state index in [0.29, 0.717) is 0 Å². The Bertz CT molecular complexity index is 4410. The van der Waals surface area contributed by atoms with Crippen molar-refractivity contribution in [1.29, 1.82) is 0 Å². The molecule has 0 unspecified atom stereocenters. The summed E-state index contributed by atoms with van der Waals surface area (Å²) in [6.45, 7) is 24.6. The minimum absolute atomic E-state index is 0.360. The Kier molecular flexibility index (Phi) is 15.9. The standard InChI is InChI=1S/C36H32BNO2.C30H20BrN.C12H24B2O4/c1-35(2)36(3,4)40-37(39-35)28-21-18-26(19-22-28)31-24-27(25-12-6-5-7-13-25)20-23-34(31)38-32-16-10-8-14-29(32)30-15-9-11-17-33(30)38;31-24-17-14-22(15-18-24)27-20-23(21-8-2-1-3-9-21)16-19-30(27)32-28-12-6-4-10-25(28)26-11-5-7-13-29(26)32;1-9(2)10(3,4)16-13(15-9)14-17-11(5,6)12(7,8)18-14/h5-24H,1-4H3;1-20H;1-8H3. The normalized spacial score (nSPS) is 17.6. The molecule has 12 heteroatoms. The van der Waals surface area contributed by atoms with Crippen LogP contribution in [0, 0.1) is 0 Å². The second kappa shape index (κ2) is 23.5. The molecule has 3 saturated heterocycles. The summed E-state index contributed by atoms with van der Waals surface area (Å²) in [6, 6.07) is 86.7. The van der Waals surface area contributed by atoms with Gasteiger partial charge in [-0.1, -0.05) is 198 Å². The Hall–Kier alpha value is -7.77. The van der Waals surface area contributed by atoms with Crippen molar-refractivity contribution in [3.05, 3.63) is 247 Å². The van der Waals surface area contributed by atoms with Gasteiger partial charge in [0, 0.05) is 37.1 Å². The smallest absolute Gasteiger partial charge is 0.405 e. The highest BCUT2D eigenvalue weighted by Crippen LogP contribution is 2.45. The van der Waals surface area contributed by atoms with E-state index < -0.39 is 14.0 Å². The molecule has 0 N–H and O–H groups in total. The summed E-state index contributed by atoms with van der Waals surface area (Å²) in [4.78, 5) is 0. The van der Waals surface area contributed by atoms with Gasteiger partial charge in [0.15, 0.2) is 0 Å². The quantitative estimate of drug-likeness (QED) is 0.141. The lowest BCUT2D eigenvalue weighted by Crippen LogP contribution is -2.41. The first-order valence-corrected chi connectivity index (χ1v) is 32.1. The van der Waals surface area contributed by atoms with Gasteiger partial charge in [0.25, 0.3) is 0 Å². The third kappa shape index (κ3) is 11.3. The van der Waals surface area contributed by atoms with Crippen molar-refractivity contribution in [3.63, 3.8) is 0 Å². The van der Waals surface area contributed by atoms with E-state index in [2.05, 4.69) is 295 Å². The van der Waals surface area contributed by atoms with Crippen LogP contribution in [0.5, 0.6) is 0 Å². The average molecular weight is 1250 g/mol. The van der Waals surface area contributed by atoms with Gasteiger partial charge in [-0.3, -0.25) is 0 Å². The van der Waals surface area contributed by atoms with E-state index >= 15 is 0 Å². The highest BCUT2D eigenvalue weighted by Gasteiger charge is 2.64. The number of nitrogens with zero attached hydrogens (tertiary/aromatic N) is 2. The molecule has 12 aromatic rings. The number of halogens is 1. The second-order valence-electron chi connectivity index (χ2n) is 26.9. The van der Waals surface area contributed by atoms with Crippen molar-refractivity contribution < 1.29 is 27.9 Å². The van der Waals surface area contributed by atoms with Crippen LogP contribution in [-0.4, -0.2) is 63.9 Å². The topological polar surface area (TPSA) is 65.2 Å². The molecule has 3 aliphatic heterocycles. The highest BCUT2D eigenvalue weighted by molar-refractivity contribution is 9.10. The number of rotatable bonds is 8. The Labute approximate surface area is 539 Å². The molecule has 0 atom stereocenters. The average Bonchev–Trinajstić information content (AvgIpc) is 1.64. The summed E-state index contributed by atoms with van der Waals surface area (Å²) in [7, 11) is -1.33. The van der Waals surface area contributed by atoms with E-state index in [0.717, 1.165) is 21.2 Å². The summed E-state index contributed by atoms with van der Waals surface area (Å²) < 4.78 is 42.4. The first-order valence-electron chi connectivity index (χ1n) is 31.3. The van der Waals surface area contributed by atoms with Crippen molar-refractivity contribution in [2.24, 2.45) is 0 Å². The zero-order chi connectivity index (χ0) is 63.0. The number of fused-ring (bicyclic) bond motifs is 6. The van der Waals surface area contributed by atoms with Crippen LogP contribution < -0.4 is 5.46 Å². The Morgan fingerprint density at radius 2 is 0.556 bits per heavy atom. The van der Waals surface area contributed by atoms with Crippen LogP contribution in [-0.2, 0) is 27.9 Å². The van der Waals surface area contributed by atoms with Crippen LogP contribution in [0.3, 0.4) is 0 Å². The Balaban J connectivity index is 0.000000133. The molecular formula is C78H76B3BrN2O6. The van der Waals surface area contributed by atoms with Crippen molar-refractivity contribution in [1.82, 2.24) is 9.13 Å². The van der Waals surface area contributed by atoms with Crippen LogP contribution in [0.1, 0.15) is 83.1 Å². The molecule has 0 amide bonds. The number of aromatic nitrogens is 2. The van der Waals surface area contributed by atoms with E-state index in [1.54, 1.807) is 0 Å². The van der Waals surface area contributed by atoms with Crippen LogP contribution in [0.2, 0.25) is 0 Å². The van der Waals surface area contributed by atoms with Crippen molar-refractivity contribution in [2.75, 3.05) is 0 Å². The molecule has 0 radical (unpaired) electrons. The van der Waals surface area contributed by atoms with E-state index in [1.807, 2.05) is 55.4 Å². The van der Waals surface area contributed by atoms with Gasteiger partial charge in [-0.2, -0.15) is 0 Å². The molecule has 0 bridgehead atoms. The van der Waals surface area contributed by atoms with Gasteiger partial charge in [-0.05, 0) is 183 Å². The summed E-state index contributed by atoms with van der Waals surface area (Å²) in [5.74, 6) is 0. The lowest BCUT2D eigenvalue weighted by molar-refractivity contribution is 0.00578. The zero-order valence-corrected chi connectivity index (χ0v) is 55.1. The largest absolute Gasteiger partial charge is 0.494 e. The van der Waals surface area contributed by atoms with Crippen LogP contribution in [0.15, 0.2) is 247 Å². The lowest BCUT2D eigenvalue weighted by atomic mass is 9.49. The fourth-order valence-corrected chi connectivity index (χ4v) is 12.6. The number of benzene rings is 10. The molecule has 5 heterocycles. The van der Waals surface area contributed by atoms with Gasteiger partial charge >= 0.3 is 21.1 Å². The Morgan fingerprint density at radius 1 is 0.278 bits per heavy atom. The predicted octanol–water partition coefficient (Wildman–Crippen LogP) is 19.5. The van der Waals surface area contributed by atoms with Gasteiger partial charge in [0.1, 0.15) is 0 Å². The fourth-order valence-electron chi connectivity index (χ4n) is 12.3. The molecule has 0 saturated carbocycles. The van der Waals surface area contributed by atoms with Gasteiger partial charge in [-0.25, -0.2) is 0 Å². The SMILES string of the molecule is Brc1ccc(-c2cc(-c3ccccc3)ccc2-n2c3ccccc3c3ccccc32)cc1.CC1(C)OB(B2OC(C)(C)C(C)(C)O2)OC1(C)C.CC1(C)OB(c2ccc(-c3cc(-c4ccccc4)ccc3-n3c4ccccc4c4ccccc43)cc2)OC1(C)C. The third-order valence-electron chi connectivity index (χ3n) is 19.5. The molecule has 8 nitrogen and oxygen atoms in total. The molecule has 3 fully saturated rings. The van der Waals surface area contributed by atoms with Crippen LogP contribution in [0.25, 0.3) is 99.5 Å². The van der Waals surface area contributed by atoms with E-state index in [4.69, 9.17) is 27.9 Å². The molecule has 3 aliphatic rings. The van der Waals surface area contributed by atoms with Crippen LogP contribution in [0.4, 0.5) is 0 Å². The van der Waals surface area contributed by atoms with Gasteiger partial charge < -0.3 is 37.1 Å². The van der Waals surface area contributed by atoms with Gasteiger partial charge in [0.2, 0.25) is 0 Å². The lowest BCUT2D eigenvalue weighted by Gasteiger charge is -2.32. The van der Waals surface area contributed by atoms with Gasteiger partial charge in [0.05, 0.1) is 67.0 Å². The molecule has 15 rings (SSSR count). The fraction of sp³-hybridized carbons (Fsp3) is 0.231. The molecule has 90 heavy (non-hydrogen) atoms. The molecule has 0 aliphatic carbocycles. The summed E-state index contributed by atoms with van der Waals surface area (Å²) in [6.07, 6.45) is 0. The van der Waals surface area contributed by atoms with E-state index in [9.17, 15) is 0 Å². The van der Waals surface area contributed by atoms with E-state index in [1.165, 1.54) is 88.2 Å². The molecule has 10 aromatic carbocycles. The summed E-state index contributed by atoms with van der Waals surface area (Å²) in [5, 5.41) is 5.06. The van der Waals surface area contributed by atoms with Crippen molar-refractivity contribution in [2.45, 2.75) is 117 Å². The van der Waals surface area contributed by atoms with Crippen molar-refractivity contribution in [3.8, 4) is 55.9 Å². The maximum Gasteiger partial charge on any atom is 0.494 e. The summed E-state index contributed by atoms with van der Waals surface area (Å²) >= 11 is 3.59. The molecular weight excluding hydrogens is 1170 g/mol. The zero-order valence-electron chi connectivity index (χ0n) is 53.5. The third-order valence-corrected chi connectivity index (χ3v) is 20.0. The van der Waals surface area contributed by atoms with Crippen molar-refractivity contribution >= 4 is 86.1 Å². The second-order valence-corrected chi connectivity index (χ2v) is 27.8. The van der Waals surface area contributed by atoms with E-state index in [-0.39, 0.29) is 40.7 Å². The van der Waals surface area contributed by atoms with Gasteiger partial charge in [-0.15, -0.1) is 0 Å². The Morgan fingerprint density at radius 3 is 0.889 bits per heavy atom. The van der Waals surface area contributed by atoms with Crippen LogP contribution >= 0.6 is 15.9 Å². The maximum absolute atomic E-state index is 6.33. The highest BCUT2D eigenvalue weighted by atomic mass is 79.9. The minimum atomic E-state index is -0.476. The first kappa shape index (κ1) is 61.1. The first-order chi connectivity index (χ1) is 43.0. The monoisotopic (exact) mass is 1250 g/mol. The predicted molar refractivity (Wildman–Crippen MR) is 379 cm³/mol. The number of para-hydroxylation sites is 4. The molecule has 0 spiro atoms. The molecule has 2 aromatic heterocycles. The molecule has 450 valence electrons. The summed E-state index contributed by atoms with van der Waals surface area (Å²) in [5.41, 5.74) is 15.6. The number of hydrogen-bond acceptors (Lipinski definition) is 6. The maximum atomic E-state index is 6.33.